The first-order chi connectivity index (χ1) is 5.29. The summed E-state index contributed by atoms with van der Waals surface area (Å²) < 4.78 is 0.906. The van der Waals surface area contributed by atoms with E-state index in [0.29, 0.717) is 5.92 Å². The minimum absolute atomic E-state index is 0.674. The molecule has 1 aliphatic rings. The lowest BCUT2D eigenvalue weighted by molar-refractivity contribution is 1.09. The first-order valence-corrected chi connectivity index (χ1v) is 4.75. The average Bonchev–Trinajstić information content (AvgIpc) is 2.77. The smallest absolute Gasteiger partial charge is 0.0613 e. The Labute approximate surface area is 78.9 Å². The molecule has 11 heavy (non-hydrogen) atoms. The molecule has 1 aromatic rings. The fourth-order valence-corrected chi connectivity index (χ4v) is 1.71. The predicted molar refractivity (Wildman–Crippen MR) is 48.9 cm³/mol. The van der Waals surface area contributed by atoms with Crippen molar-refractivity contribution in [3.05, 3.63) is 27.5 Å². The minimum Gasteiger partial charge on any atom is -0.263 e. The highest BCUT2D eigenvalue weighted by atomic mass is 79.9. The van der Waals surface area contributed by atoms with Crippen molar-refractivity contribution in [2.45, 2.75) is 18.8 Å². The maximum Gasteiger partial charge on any atom is 0.0613 e. The molecule has 0 spiro atoms. The molecule has 0 aromatic carbocycles. The standard InChI is InChI=1S/C8H7BrClN/c9-7-4-11-3-6(8(7)10)5-1-2-5/h3-5H,1-2H2. The summed E-state index contributed by atoms with van der Waals surface area (Å²) in [6.07, 6.45) is 6.12. The summed E-state index contributed by atoms with van der Waals surface area (Å²) in [5.74, 6) is 0.674. The molecule has 3 heteroatoms. The first kappa shape index (κ1) is 7.56. The van der Waals surface area contributed by atoms with Crippen molar-refractivity contribution in [2.75, 3.05) is 0 Å². The van der Waals surface area contributed by atoms with E-state index >= 15 is 0 Å². The van der Waals surface area contributed by atoms with Crippen LogP contribution in [0.5, 0.6) is 0 Å². The zero-order valence-electron chi connectivity index (χ0n) is 5.85. The number of hydrogen-bond acceptors (Lipinski definition) is 1. The first-order valence-electron chi connectivity index (χ1n) is 3.58. The number of pyridine rings is 1. The largest absolute Gasteiger partial charge is 0.263 e. The average molecular weight is 233 g/mol. The quantitative estimate of drug-likeness (QED) is 0.723. The van der Waals surface area contributed by atoms with Gasteiger partial charge in [-0.3, -0.25) is 4.98 Å². The van der Waals surface area contributed by atoms with Gasteiger partial charge in [-0.05, 0) is 40.3 Å². The van der Waals surface area contributed by atoms with Crippen LogP contribution in [-0.2, 0) is 0 Å². The van der Waals surface area contributed by atoms with E-state index in [2.05, 4.69) is 20.9 Å². The molecule has 1 saturated carbocycles. The van der Waals surface area contributed by atoms with Crippen LogP contribution in [0.1, 0.15) is 24.3 Å². The molecule has 0 amide bonds. The predicted octanol–water partition coefficient (Wildman–Crippen LogP) is 3.37. The third-order valence-corrected chi connectivity index (χ3v) is 3.13. The van der Waals surface area contributed by atoms with Gasteiger partial charge in [0, 0.05) is 12.4 Å². The molecule has 0 unspecified atom stereocenters. The third kappa shape index (κ3) is 1.42. The van der Waals surface area contributed by atoms with Gasteiger partial charge in [-0.25, -0.2) is 0 Å². The lowest BCUT2D eigenvalue weighted by Crippen LogP contribution is -1.84. The molecule has 58 valence electrons. The fraction of sp³-hybridized carbons (Fsp3) is 0.375. The zero-order chi connectivity index (χ0) is 7.84. The fourth-order valence-electron chi connectivity index (χ4n) is 1.11. The molecule has 1 nitrogen and oxygen atoms in total. The van der Waals surface area contributed by atoms with Gasteiger partial charge in [-0.1, -0.05) is 11.6 Å². The van der Waals surface area contributed by atoms with Crippen LogP contribution in [0.25, 0.3) is 0 Å². The van der Waals surface area contributed by atoms with E-state index in [1.165, 1.54) is 18.4 Å². The number of rotatable bonds is 1. The van der Waals surface area contributed by atoms with Crippen molar-refractivity contribution in [3.63, 3.8) is 0 Å². The van der Waals surface area contributed by atoms with Gasteiger partial charge in [0.2, 0.25) is 0 Å². The zero-order valence-corrected chi connectivity index (χ0v) is 8.19. The SMILES string of the molecule is Clc1c(Br)cncc1C1CC1. The van der Waals surface area contributed by atoms with Gasteiger partial charge in [0.05, 0.1) is 9.50 Å². The molecule has 0 bridgehead atoms. The normalized spacial score (nSPS) is 16.9. The topological polar surface area (TPSA) is 12.9 Å². The van der Waals surface area contributed by atoms with Crippen LogP contribution in [-0.4, -0.2) is 4.98 Å². The van der Waals surface area contributed by atoms with Gasteiger partial charge < -0.3 is 0 Å². The van der Waals surface area contributed by atoms with Crippen LogP contribution in [0.3, 0.4) is 0 Å². The van der Waals surface area contributed by atoms with Gasteiger partial charge in [-0.15, -0.1) is 0 Å². The summed E-state index contributed by atoms with van der Waals surface area (Å²) in [7, 11) is 0. The molecule has 2 rings (SSSR count). The van der Waals surface area contributed by atoms with Crippen LogP contribution >= 0.6 is 27.5 Å². The van der Waals surface area contributed by atoms with Crippen molar-refractivity contribution < 1.29 is 0 Å². The second-order valence-electron chi connectivity index (χ2n) is 2.80. The second kappa shape index (κ2) is 2.76. The van der Waals surface area contributed by atoms with E-state index in [4.69, 9.17) is 11.6 Å². The van der Waals surface area contributed by atoms with E-state index in [-0.39, 0.29) is 0 Å². The van der Waals surface area contributed by atoms with E-state index in [1.807, 2.05) is 6.20 Å². The van der Waals surface area contributed by atoms with Gasteiger partial charge >= 0.3 is 0 Å². The van der Waals surface area contributed by atoms with Crippen LogP contribution in [0.2, 0.25) is 5.02 Å². The number of nitrogens with zero attached hydrogens (tertiary/aromatic N) is 1. The Morgan fingerprint density at radius 2 is 2.18 bits per heavy atom. The Kier molecular flexibility index (Phi) is 1.90. The van der Waals surface area contributed by atoms with Crippen molar-refractivity contribution >= 4 is 27.5 Å². The van der Waals surface area contributed by atoms with Gasteiger partial charge in [0.1, 0.15) is 0 Å². The van der Waals surface area contributed by atoms with E-state index in [0.717, 1.165) is 9.50 Å². The Bertz CT molecular complexity index is 283. The number of hydrogen-bond donors (Lipinski definition) is 0. The Balaban J connectivity index is 2.45. The van der Waals surface area contributed by atoms with Crippen LogP contribution in [0.15, 0.2) is 16.9 Å². The Morgan fingerprint density at radius 3 is 2.82 bits per heavy atom. The molecule has 1 heterocycles. The van der Waals surface area contributed by atoms with Crippen LogP contribution in [0.4, 0.5) is 0 Å². The highest BCUT2D eigenvalue weighted by Gasteiger charge is 2.26. The molecule has 0 atom stereocenters. The Morgan fingerprint density at radius 1 is 1.45 bits per heavy atom. The van der Waals surface area contributed by atoms with Crippen LogP contribution in [0, 0.1) is 0 Å². The van der Waals surface area contributed by atoms with Gasteiger partial charge in [-0.2, -0.15) is 0 Å². The summed E-state index contributed by atoms with van der Waals surface area (Å²) in [5.41, 5.74) is 1.20. The van der Waals surface area contributed by atoms with Crippen molar-refractivity contribution in [3.8, 4) is 0 Å². The molecule has 0 aliphatic heterocycles. The summed E-state index contributed by atoms with van der Waals surface area (Å²) in [4.78, 5) is 4.07. The lowest BCUT2D eigenvalue weighted by Gasteiger charge is -2.01. The third-order valence-electron chi connectivity index (χ3n) is 1.88. The molecule has 0 saturated heterocycles. The highest BCUT2D eigenvalue weighted by molar-refractivity contribution is 9.10. The molecule has 1 fully saturated rings. The van der Waals surface area contributed by atoms with E-state index in [9.17, 15) is 0 Å². The lowest BCUT2D eigenvalue weighted by atomic mass is 10.2. The van der Waals surface area contributed by atoms with Crippen molar-refractivity contribution in [1.29, 1.82) is 0 Å². The van der Waals surface area contributed by atoms with E-state index < -0.39 is 0 Å². The second-order valence-corrected chi connectivity index (χ2v) is 4.03. The van der Waals surface area contributed by atoms with Gasteiger partial charge in [0.25, 0.3) is 0 Å². The molecule has 0 N–H and O–H groups in total. The molecule has 1 aliphatic carbocycles. The summed E-state index contributed by atoms with van der Waals surface area (Å²) >= 11 is 9.39. The summed E-state index contributed by atoms with van der Waals surface area (Å²) in [5, 5.41) is 0.836. The molecular weight excluding hydrogens is 225 g/mol. The molecule has 0 radical (unpaired) electrons. The van der Waals surface area contributed by atoms with Gasteiger partial charge in [0.15, 0.2) is 0 Å². The summed E-state index contributed by atoms with van der Waals surface area (Å²) in [6.45, 7) is 0. The highest BCUT2D eigenvalue weighted by Crippen LogP contribution is 2.44. The van der Waals surface area contributed by atoms with Crippen molar-refractivity contribution in [1.82, 2.24) is 4.98 Å². The number of halogens is 2. The molecule has 1 aromatic heterocycles. The molecular formula is C8H7BrClN. The van der Waals surface area contributed by atoms with E-state index in [1.54, 1.807) is 6.20 Å². The summed E-state index contributed by atoms with van der Waals surface area (Å²) in [6, 6.07) is 0. The van der Waals surface area contributed by atoms with Crippen LogP contribution < -0.4 is 0 Å². The number of aromatic nitrogens is 1. The minimum atomic E-state index is 0.674. The Hall–Kier alpha value is -0.0800. The van der Waals surface area contributed by atoms with Crippen molar-refractivity contribution in [2.24, 2.45) is 0 Å². The monoisotopic (exact) mass is 231 g/mol. The maximum absolute atomic E-state index is 6.04. The maximum atomic E-state index is 6.04.